The van der Waals surface area contributed by atoms with Crippen molar-refractivity contribution in [2.45, 2.75) is 0 Å². The maximum absolute atomic E-state index is 5.11. The predicted octanol–water partition coefficient (Wildman–Crippen LogP) is 11.1. The van der Waals surface area contributed by atoms with Crippen LogP contribution in [-0.4, -0.2) is 19.9 Å². The predicted molar refractivity (Wildman–Crippen MR) is 197 cm³/mol. The molecule has 224 valence electrons. The second-order valence-electron chi connectivity index (χ2n) is 12.0. The number of nitrogens with zero attached hydrogens (tertiary/aromatic N) is 4. The molecule has 0 saturated heterocycles. The van der Waals surface area contributed by atoms with Crippen LogP contribution in [0.1, 0.15) is 0 Å². The van der Waals surface area contributed by atoms with Crippen LogP contribution in [-0.2, 0) is 0 Å². The molecule has 0 saturated carbocycles. The first-order chi connectivity index (χ1) is 23.7. The minimum absolute atomic E-state index is 0.682. The van der Waals surface area contributed by atoms with Crippen molar-refractivity contribution in [2.24, 2.45) is 0 Å². The monoisotopic (exact) mass is 612 g/mol. The minimum Gasteiger partial charge on any atom is -0.256 e. The molecule has 0 aliphatic heterocycles. The van der Waals surface area contributed by atoms with Gasteiger partial charge in [-0.15, -0.1) is 0 Å². The lowest BCUT2D eigenvalue weighted by Crippen LogP contribution is -1.96. The fourth-order valence-corrected chi connectivity index (χ4v) is 6.32. The van der Waals surface area contributed by atoms with Gasteiger partial charge in [0.1, 0.15) is 0 Å². The summed E-state index contributed by atoms with van der Waals surface area (Å²) in [6, 6.07) is 54.8. The van der Waals surface area contributed by atoms with Crippen molar-refractivity contribution in [3.8, 4) is 56.2 Å². The van der Waals surface area contributed by atoms with Crippen LogP contribution in [0.5, 0.6) is 0 Å². The Kier molecular flexibility index (Phi) is 6.76. The van der Waals surface area contributed by atoms with Crippen LogP contribution in [0.2, 0.25) is 0 Å². The van der Waals surface area contributed by atoms with Gasteiger partial charge < -0.3 is 0 Å². The Bertz CT molecular complexity index is 2470. The Morgan fingerprint density at radius 2 is 0.729 bits per heavy atom. The van der Waals surface area contributed by atoms with Gasteiger partial charge in [0.05, 0.1) is 22.4 Å². The standard InChI is InChI=1S/C44H28N4/c1-2-8-34-23-37(22-17-29(34)7-1)43-26-42(32-18-13-30(14-19-32)38-24-35-9-3-5-11-40(35)45-27-38)47-44(48-43)33-20-15-31(16-21-33)39-25-36-10-4-6-12-41(36)46-28-39/h1-28H. The normalized spacial score (nSPS) is 11.3. The molecule has 3 aromatic heterocycles. The molecular formula is C44H28N4. The maximum Gasteiger partial charge on any atom is 0.160 e. The van der Waals surface area contributed by atoms with Crippen LogP contribution >= 0.6 is 0 Å². The molecule has 0 aliphatic carbocycles. The summed E-state index contributed by atoms with van der Waals surface area (Å²) in [6.07, 6.45) is 3.87. The highest BCUT2D eigenvalue weighted by molar-refractivity contribution is 5.88. The van der Waals surface area contributed by atoms with E-state index in [0.717, 1.165) is 72.1 Å². The van der Waals surface area contributed by atoms with Crippen LogP contribution < -0.4 is 0 Å². The van der Waals surface area contributed by atoms with Crippen LogP contribution in [0.3, 0.4) is 0 Å². The van der Waals surface area contributed by atoms with Crippen molar-refractivity contribution in [2.75, 3.05) is 0 Å². The molecule has 48 heavy (non-hydrogen) atoms. The van der Waals surface area contributed by atoms with Crippen LogP contribution in [0, 0.1) is 0 Å². The molecule has 4 nitrogen and oxygen atoms in total. The van der Waals surface area contributed by atoms with Gasteiger partial charge in [-0.25, -0.2) is 9.97 Å². The lowest BCUT2D eigenvalue weighted by molar-refractivity contribution is 1.18. The van der Waals surface area contributed by atoms with E-state index in [2.05, 4.69) is 131 Å². The van der Waals surface area contributed by atoms with Crippen molar-refractivity contribution >= 4 is 32.6 Å². The van der Waals surface area contributed by atoms with E-state index in [-0.39, 0.29) is 0 Å². The van der Waals surface area contributed by atoms with Crippen molar-refractivity contribution in [3.05, 3.63) is 170 Å². The third kappa shape index (κ3) is 5.25. The summed E-state index contributed by atoms with van der Waals surface area (Å²) < 4.78 is 0. The first-order valence-electron chi connectivity index (χ1n) is 16.0. The van der Waals surface area contributed by atoms with E-state index in [1.165, 1.54) is 10.8 Å². The number of hydrogen-bond donors (Lipinski definition) is 0. The first-order valence-corrected chi connectivity index (χ1v) is 16.0. The average molecular weight is 613 g/mol. The number of rotatable bonds is 5. The number of benzene rings is 6. The Hall–Kier alpha value is -6.52. The Labute approximate surface area is 278 Å². The van der Waals surface area contributed by atoms with Crippen molar-refractivity contribution in [1.82, 2.24) is 19.9 Å². The number of pyridine rings is 2. The van der Waals surface area contributed by atoms with Gasteiger partial charge in [-0.05, 0) is 58.3 Å². The molecule has 0 radical (unpaired) electrons. The van der Waals surface area contributed by atoms with Gasteiger partial charge in [0, 0.05) is 51.0 Å². The summed E-state index contributed by atoms with van der Waals surface area (Å²) >= 11 is 0. The van der Waals surface area contributed by atoms with Gasteiger partial charge in [-0.1, -0.05) is 121 Å². The van der Waals surface area contributed by atoms with E-state index in [9.17, 15) is 0 Å². The topological polar surface area (TPSA) is 51.6 Å². The number of hydrogen-bond acceptors (Lipinski definition) is 4. The molecule has 0 amide bonds. The summed E-state index contributed by atoms with van der Waals surface area (Å²) in [5.74, 6) is 0.682. The number of aromatic nitrogens is 4. The second-order valence-corrected chi connectivity index (χ2v) is 12.0. The lowest BCUT2D eigenvalue weighted by atomic mass is 10.0. The van der Waals surface area contributed by atoms with Gasteiger partial charge in [0.25, 0.3) is 0 Å². The fourth-order valence-electron chi connectivity index (χ4n) is 6.32. The van der Waals surface area contributed by atoms with Gasteiger partial charge in [0.2, 0.25) is 0 Å². The molecule has 9 rings (SSSR count). The number of para-hydroxylation sites is 2. The molecule has 0 spiro atoms. The third-order valence-corrected chi connectivity index (χ3v) is 8.94. The Morgan fingerprint density at radius 1 is 0.292 bits per heavy atom. The summed E-state index contributed by atoms with van der Waals surface area (Å²) in [4.78, 5) is 19.5. The van der Waals surface area contributed by atoms with Crippen LogP contribution in [0.4, 0.5) is 0 Å². The van der Waals surface area contributed by atoms with E-state index >= 15 is 0 Å². The van der Waals surface area contributed by atoms with Gasteiger partial charge in [0.15, 0.2) is 5.82 Å². The molecule has 0 bridgehead atoms. The highest BCUT2D eigenvalue weighted by Gasteiger charge is 2.13. The van der Waals surface area contributed by atoms with E-state index in [1.807, 2.05) is 48.8 Å². The molecule has 0 fully saturated rings. The smallest absolute Gasteiger partial charge is 0.160 e. The van der Waals surface area contributed by atoms with E-state index in [0.29, 0.717) is 5.82 Å². The van der Waals surface area contributed by atoms with Crippen molar-refractivity contribution < 1.29 is 0 Å². The Morgan fingerprint density at radius 3 is 1.33 bits per heavy atom. The van der Waals surface area contributed by atoms with E-state index in [1.54, 1.807) is 0 Å². The molecule has 3 heterocycles. The first kappa shape index (κ1) is 27.8. The zero-order valence-electron chi connectivity index (χ0n) is 26.0. The highest BCUT2D eigenvalue weighted by atomic mass is 14.9. The van der Waals surface area contributed by atoms with Crippen molar-refractivity contribution in [1.29, 1.82) is 0 Å². The molecule has 4 heteroatoms. The quantitative estimate of drug-likeness (QED) is 0.194. The Balaban J connectivity index is 1.11. The SMILES string of the molecule is c1ccc2cc(-c3cc(-c4ccc(-c5cnc6ccccc6c5)cc4)nc(-c4ccc(-c5cnc6ccccc6c5)cc4)n3)ccc2c1. The third-order valence-electron chi connectivity index (χ3n) is 8.94. The van der Waals surface area contributed by atoms with Crippen molar-refractivity contribution in [3.63, 3.8) is 0 Å². The summed E-state index contributed by atoms with van der Waals surface area (Å²) in [6.45, 7) is 0. The molecule has 0 aliphatic rings. The van der Waals surface area contributed by atoms with Gasteiger partial charge in [-0.2, -0.15) is 0 Å². The minimum atomic E-state index is 0.682. The summed E-state index contributed by atoms with van der Waals surface area (Å²) in [5, 5.41) is 4.63. The largest absolute Gasteiger partial charge is 0.256 e. The molecule has 9 aromatic rings. The fraction of sp³-hybridized carbons (Fsp3) is 0. The highest BCUT2D eigenvalue weighted by Crippen LogP contribution is 2.32. The summed E-state index contributed by atoms with van der Waals surface area (Å²) in [7, 11) is 0. The molecule has 6 aromatic carbocycles. The van der Waals surface area contributed by atoms with Gasteiger partial charge in [-0.3, -0.25) is 9.97 Å². The van der Waals surface area contributed by atoms with Crippen LogP contribution in [0.15, 0.2) is 170 Å². The average Bonchev–Trinajstić information content (AvgIpc) is 3.17. The van der Waals surface area contributed by atoms with E-state index in [4.69, 9.17) is 9.97 Å². The number of fused-ring (bicyclic) bond motifs is 3. The molecule has 0 unspecified atom stereocenters. The van der Waals surface area contributed by atoms with E-state index < -0.39 is 0 Å². The molecular weight excluding hydrogens is 585 g/mol. The van der Waals surface area contributed by atoms with Crippen LogP contribution in [0.25, 0.3) is 88.7 Å². The maximum atomic E-state index is 5.11. The second kappa shape index (κ2) is 11.7. The summed E-state index contributed by atoms with van der Waals surface area (Å²) in [5.41, 5.74) is 11.1. The lowest BCUT2D eigenvalue weighted by Gasteiger charge is -2.11. The zero-order chi connectivity index (χ0) is 31.9. The zero-order valence-corrected chi connectivity index (χ0v) is 26.0. The molecule has 0 atom stereocenters. The van der Waals surface area contributed by atoms with Gasteiger partial charge >= 0.3 is 0 Å². The molecule has 0 N–H and O–H groups in total.